The standard InChI is InChI=1S/C13H22N4O2/c1-3-10(4-2)17(5-6-18)13-11(12(15)19)7-9(14)8-16-13/h7-8,10,18H,3-6,14H2,1-2H3,(H2,15,19). The Bertz CT molecular complexity index is 433. The molecule has 0 spiro atoms. The van der Waals surface area contributed by atoms with Crippen LogP contribution in [0.2, 0.25) is 0 Å². The van der Waals surface area contributed by atoms with Crippen molar-refractivity contribution < 1.29 is 9.90 Å². The molecule has 0 fully saturated rings. The number of aliphatic hydroxyl groups is 1. The van der Waals surface area contributed by atoms with E-state index in [1.807, 2.05) is 4.90 Å². The first kappa shape index (κ1) is 15.2. The van der Waals surface area contributed by atoms with Crippen molar-refractivity contribution in [1.29, 1.82) is 0 Å². The number of nitrogen functional groups attached to an aromatic ring is 1. The Balaban J connectivity index is 3.25. The second-order valence-corrected chi connectivity index (χ2v) is 4.39. The minimum Gasteiger partial charge on any atom is -0.397 e. The summed E-state index contributed by atoms with van der Waals surface area (Å²) in [5.41, 5.74) is 11.7. The molecule has 0 saturated heterocycles. The van der Waals surface area contributed by atoms with Gasteiger partial charge >= 0.3 is 0 Å². The fourth-order valence-corrected chi connectivity index (χ4v) is 2.18. The van der Waals surface area contributed by atoms with Crippen LogP contribution in [0, 0.1) is 0 Å². The summed E-state index contributed by atoms with van der Waals surface area (Å²) in [5, 5.41) is 9.21. The smallest absolute Gasteiger partial charge is 0.252 e. The van der Waals surface area contributed by atoms with Crippen LogP contribution in [0.1, 0.15) is 37.0 Å². The van der Waals surface area contributed by atoms with Crippen LogP contribution < -0.4 is 16.4 Å². The zero-order valence-electron chi connectivity index (χ0n) is 11.5. The quantitative estimate of drug-likeness (QED) is 0.675. The minimum absolute atomic E-state index is 0.0131. The Morgan fingerprint density at radius 2 is 2.11 bits per heavy atom. The van der Waals surface area contributed by atoms with Crippen LogP contribution >= 0.6 is 0 Å². The van der Waals surface area contributed by atoms with Gasteiger partial charge in [-0.05, 0) is 18.9 Å². The molecule has 0 radical (unpaired) electrons. The molecule has 1 aromatic heterocycles. The summed E-state index contributed by atoms with van der Waals surface area (Å²) in [6.45, 7) is 4.50. The van der Waals surface area contributed by atoms with Crippen molar-refractivity contribution in [3.05, 3.63) is 17.8 Å². The van der Waals surface area contributed by atoms with Gasteiger partial charge in [0.2, 0.25) is 0 Å². The first-order chi connectivity index (χ1) is 9.04. The number of primary amides is 1. The second-order valence-electron chi connectivity index (χ2n) is 4.39. The molecule has 0 aliphatic rings. The number of rotatable bonds is 7. The van der Waals surface area contributed by atoms with E-state index in [9.17, 15) is 9.90 Å². The second kappa shape index (κ2) is 6.94. The predicted molar refractivity (Wildman–Crippen MR) is 76.0 cm³/mol. The maximum Gasteiger partial charge on any atom is 0.252 e. The molecule has 5 N–H and O–H groups in total. The van der Waals surface area contributed by atoms with E-state index < -0.39 is 5.91 Å². The first-order valence-electron chi connectivity index (χ1n) is 6.47. The summed E-state index contributed by atoms with van der Waals surface area (Å²) in [4.78, 5) is 17.7. The molecule has 0 aromatic carbocycles. The highest BCUT2D eigenvalue weighted by Gasteiger charge is 2.21. The maximum absolute atomic E-state index is 11.5. The average Bonchev–Trinajstić information content (AvgIpc) is 2.39. The lowest BCUT2D eigenvalue weighted by Gasteiger charge is -2.32. The van der Waals surface area contributed by atoms with Gasteiger partial charge in [0.15, 0.2) is 0 Å². The number of nitrogens with zero attached hydrogens (tertiary/aromatic N) is 2. The Morgan fingerprint density at radius 3 is 2.58 bits per heavy atom. The van der Waals surface area contributed by atoms with E-state index >= 15 is 0 Å². The summed E-state index contributed by atoms with van der Waals surface area (Å²) in [6.07, 6.45) is 3.27. The highest BCUT2D eigenvalue weighted by Crippen LogP contribution is 2.23. The summed E-state index contributed by atoms with van der Waals surface area (Å²) < 4.78 is 0. The van der Waals surface area contributed by atoms with E-state index in [0.29, 0.717) is 23.6 Å². The summed E-state index contributed by atoms with van der Waals surface area (Å²) in [6, 6.07) is 1.72. The molecular formula is C13H22N4O2. The van der Waals surface area contributed by atoms with Gasteiger partial charge in [0.1, 0.15) is 5.82 Å². The van der Waals surface area contributed by atoms with Gasteiger partial charge in [0.25, 0.3) is 5.91 Å². The van der Waals surface area contributed by atoms with E-state index in [1.165, 1.54) is 12.3 Å². The summed E-state index contributed by atoms with van der Waals surface area (Å²) in [7, 11) is 0. The van der Waals surface area contributed by atoms with Crippen molar-refractivity contribution >= 4 is 17.4 Å². The molecule has 0 bridgehead atoms. The summed E-state index contributed by atoms with van der Waals surface area (Å²) >= 11 is 0. The van der Waals surface area contributed by atoms with Crippen LogP contribution in [-0.4, -0.2) is 35.2 Å². The van der Waals surface area contributed by atoms with Gasteiger partial charge in [-0.1, -0.05) is 13.8 Å². The number of carbonyl (C=O) groups excluding carboxylic acids is 1. The molecule has 6 nitrogen and oxygen atoms in total. The van der Waals surface area contributed by atoms with Crippen molar-refractivity contribution in [2.45, 2.75) is 32.7 Å². The first-order valence-corrected chi connectivity index (χ1v) is 6.47. The Morgan fingerprint density at radius 1 is 1.47 bits per heavy atom. The molecule has 0 saturated carbocycles. The SMILES string of the molecule is CCC(CC)N(CCO)c1ncc(N)cc1C(N)=O. The average molecular weight is 266 g/mol. The molecule has 0 unspecified atom stereocenters. The van der Waals surface area contributed by atoms with Gasteiger partial charge in [0.05, 0.1) is 24.1 Å². The van der Waals surface area contributed by atoms with Crippen molar-refractivity contribution in [2.24, 2.45) is 5.73 Å². The van der Waals surface area contributed by atoms with Crippen LogP contribution in [-0.2, 0) is 0 Å². The topological polar surface area (TPSA) is 105 Å². The Kier molecular flexibility index (Phi) is 5.57. The van der Waals surface area contributed by atoms with Crippen molar-refractivity contribution in [2.75, 3.05) is 23.8 Å². The molecule has 0 aliphatic carbocycles. The number of hydrogen-bond acceptors (Lipinski definition) is 5. The molecule has 19 heavy (non-hydrogen) atoms. The molecular weight excluding hydrogens is 244 g/mol. The lowest BCUT2D eigenvalue weighted by molar-refractivity contribution is 0.1000. The van der Waals surface area contributed by atoms with Crippen LogP contribution in [0.5, 0.6) is 0 Å². The molecule has 6 heteroatoms. The zero-order chi connectivity index (χ0) is 14.4. The number of pyridine rings is 1. The summed E-state index contributed by atoms with van der Waals surface area (Å²) in [5.74, 6) is -0.0758. The van der Waals surface area contributed by atoms with E-state index in [4.69, 9.17) is 11.5 Å². The van der Waals surface area contributed by atoms with Gasteiger partial charge in [-0.15, -0.1) is 0 Å². The fourth-order valence-electron chi connectivity index (χ4n) is 2.18. The minimum atomic E-state index is -0.566. The molecule has 0 atom stereocenters. The molecule has 0 aliphatic heterocycles. The van der Waals surface area contributed by atoms with E-state index in [2.05, 4.69) is 18.8 Å². The van der Waals surface area contributed by atoms with Gasteiger partial charge < -0.3 is 21.5 Å². The molecule has 1 rings (SSSR count). The normalized spacial score (nSPS) is 10.7. The third kappa shape index (κ3) is 3.57. The van der Waals surface area contributed by atoms with Crippen LogP contribution in [0.15, 0.2) is 12.3 Å². The highest BCUT2D eigenvalue weighted by atomic mass is 16.3. The number of carbonyl (C=O) groups is 1. The van der Waals surface area contributed by atoms with Gasteiger partial charge in [-0.25, -0.2) is 4.98 Å². The number of anilines is 2. The van der Waals surface area contributed by atoms with Gasteiger partial charge in [0, 0.05) is 12.6 Å². The van der Waals surface area contributed by atoms with Crippen molar-refractivity contribution in [1.82, 2.24) is 4.98 Å². The predicted octanol–water partition coefficient (Wildman–Crippen LogP) is 0.750. The number of amides is 1. The van der Waals surface area contributed by atoms with Crippen molar-refractivity contribution in [3.63, 3.8) is 0 Å². The third-order valence-corrected chi connectivity index (χ3v) is 3.15. The van der Waals surface area contributed by atoms with Gasteiger partial charge in [-0.2, -0.15) is 0 Å². The van der Waals surface area contributed by atoms with Gasteiger partial charge in [-0.3, -0.25) is 4.79 Å². The molecule has 106 valence electrons. The van der Waals surface area contributed by atoms with E-state index in [1.54, 1.807) is 0 Å². The molecule has 1 amide bonds. The molecule has 1 heterocycles. The van der Waals surface area contributed by atoms with Crippen LogP contribution in [0.25, 0.3) is 0 Å². The number of aliphatic hydroxyl groups excluding tert-OH is 1. The maximum atomic E-state index is 11.5. The monoisotopic (exact) mass is 266 g/mol. The largest absolute Gasteiger partial charge is 0.397 e. The lowest BCUT2D eigenvalue weighted by Crippen LogP contribution is -2.39. The lowest BCUT2D eigenvalue weighted by atomic mass is 10.1. The molecule has 1 aromatic rings. The van der Waals surface area contributed by atoms with Crippen LogP contribution in [0.3, 0.4) is 0 Å². The highest BCUT2D eigenvalue weighted by molar-refractivity contribution is 5.98. The fraction of sp³-hybridized carbons (Fsp3) is 0.538. The number of nitrogens with two attached hydrogens (primary N) is 2. The Hall–Kier alpha value is -1.82. The van der Waals surface area contributed by atoms with Crippen LogP contribution in [0.4, 0.5) is 11.5 Å². The third-order valence-electron chi connectivity index (χ3n) is 3.15. The van der Waals surface area contributed by atoms with Crippen molar-refractivity contribution in [3.8, 4) is 0 Å². The number of aromatic nitrogens is 1. The number of hydrogen-bond donors (Lipinski definition) is 3. The zero-order valence-corrected chi connectivity index (χ0v) is 11.5. The van der Waals surface area contributed by atoms with E-state index in [-0.39, 0.29) is 12.6 Å². The van der Waals surface area contributed by atoms with E-state index in [0.717, 1.165) is 12.8 Å². The Labute approximate surface area is 113 Å².